The van der Waals surface area contributed by atoms with E-state index in [2.05, 4.69) is 24.4 Å². The van der Waals surface area contributed by atoms with Gasteiger partial charge in [0, 0.05) is 28.4 Å². The van der Waals surface area contributed by atoms with Crippen molar-refractivity contribution in [3.63, 3.8) is 0 Å². The SMILES string of the molecule is Cc1ccc(CNCc2ccccc2OCCO)s1. The maximum Gasteiger partial charge on any atom is 0.123 e. The van der Waals surface area contributed by atoms with E-state index < -0.39 is 0 Å². The van der Waals surface area contributed by atoms with E-state index in [1.807, 2.05) is 35.6 Å². The summed E-state index contributed by atoms with van der Waals surface area (Å²) < 4.78 is 5.51. The number of aryl methyl sites for hydroxylation is 1. The third-order valence-electron chi connectivity index (χ3n) is 2.73. The summed E-state index contributed by atoms with van der Waals surface area (Å²) >= 11 is 1.81. The quantitative estimate of drug-likeness (QED) is 0.817. The predicted octanol–water partition coefficient (Wildman–Crippen LogP) is 2.72. The van der Waals surface area contributed by atoms with Crippen molar-refractivity contribution < 1.29 is 9.84 Å². The van der Waals surface area contributed by atoms with Crippen molar-refractivity contribution in [3.05, 3.63) is 51.7 Å². The zero-order chi connectivity index (χ0) is 13.5. The molecule has 1 aromatic carbocycles. The van der Waals surface area contributed by atoms with E-state index >= 15 is 0 Å². The van der Waals surface area contributed by atoms with E-state index in [0.717, 1.165) is 24.4 Å². The Hall–Kier alpha value is -1.36. The first-order valence-electron chi connectivity index (χ1n) is 6.37. The Morgan fingerprint density at radius 1 is 1.16 bits per heavy atom. The van der Waals surface area contributed by atoms with Crippen molar-refractivity contribution in [1.82, 2.24) is 5.32 Å². The average Bonchev–Trinajstić information content (AvgIpc) is 2.83. The second-order valence-electron chi connectivity index (χ2n) is 4.30. The molecule has 1 heterocycles. The van der Waals surface area contributed by atoms with Crippen LogP contribution in [0.3, 0.4) is 0 Å². The highest BCUT2D eigenvalue weighted by molar-refractivity contribution is 7.11. The minimum atomic E-state index is 0.0379. The largest absolute Gasteiger partial charge is 0.491 e. The maximum atomic E-state index is 8.81. The molecular weight excluding hydrogens is 258 g/mol. The third-order valence-corrected chi connectivity index (χ3v) is 3.73. The molecule has 0 saturated carbocycles. The van der Waals surface area contributed by atoms with Gasteiger partial charge in [0.2, 0.25) is 0 Å². The fourth-order valence-corrected chi connectivity index (χ4v) is 2.71. The summed E-state index contributed by atoms with van der Waals surface area (Å²) in [5, 5.41) is 12.2. The van der Waals surface area contributed by atoms with E-state index in [1.165, 1.54) is 9.75 Å². The fourth-order valence-electron chi connectivity index (χ4n) is 1.85. The molecule has 0 radical (unpaired) electrons. The van der Waals surface area contributed by atoms with Gasteiger partial charge in [-0.3, -0.25) is 0 Å². The molecule has 0 fully saturated rings. The van der Waals surface area contributed by atoms with E-state index in [0.29, 0.717) is 6.61 Å². The summed E-state index contributed by atoms with van der Waals surface area (Å²) in [6, 6.07) is 12.2. The Balaban J connectivity index is 1.88. The zero-order valence-electron chi connectivity index (χ0n) is 11.1. The molecule has 0 saturated heterocycles. The number of hydrogen-bond acceptors (Lipinski definition) is 4. The van der Waals surface area contributed by atoms with Crippen LogP contribution in [0.4, 0.5) is 0 Å². The third kappa shape index (κ3) is 4.35. The van der Waals surface area contributed by atoms with E-state index in [4.69, 9.17) is 9.84 Å². The second kappa shape index (κ2) is 7.28. The topological polar surface area (TPSA) is 41.5 Å². The van der Waals surface area contributed by atoms with Crippen LogP contribution in [0.5, 0.6) is 5.75 Å². The molecule has 2 rings (SSSR count). The molecule has 0 aliphatic carbocycles. The minimum absolute atomic E-state index is 0.0379. The number of nitrogens with one attached hydrogen (secondary N) is 1. The van der Waals surface area contributed by atoms with Crippen LogP contribution in [0.1, 0.15) is 15.3 Å². The summed E-state index contributed by atoms with van der Waals surface area (Å²) in [6.07, 6.45) is 0. The smallest absolute Gasteiger partial charge is 0.123 e. The van der Waals surface area contributed by atoms with Gasteiger partial charge in [-0.15, -0.1) is 11.3 Å². The lowest BCUT2D eigenvalue weighted by Gasteiger charge is -2.11. The highest BCUT2D eigenvalue weighted by Gasteiger charge is 2.03. The highest BCUT2D eigenvalue weighted by atomic mass is 32.1. The summed E-state index contributed by atoms with van der Waals surface area (Å²) in [5.41, 5.74) is 1.12. The number of aliphatic hydroxyl groups excluding tert-OH is 1. The molecular formula is C15H19NO2S. The first-order chi connectivity index (χ1) is 9.29. The van der Waals surface area contributed by atoms with Crippen LogP contribution in [0, 0.1) is 6.92 Å². The summed E-state index contributed by atoms with van der Waals surface area (Å²) in [6.45, 7) is 4.12. The second-order valence-corrected chi connectivity index (χ2v) is 5.67. The molecule has 0 aliphatic rings. The molecule has 4 heteroatoms. The van der Waals surface area contributed by atoms with Crippen molar-refractivity contribution in [2.24, 2.45) is 0 Å². The molecule has 3 nitrogen and oxygen atoms in total. The van der Waals surface area contributed by atoms with Crippen molar-refractivity contribution in [2.45, 2.75) is 20.0 Å². The van der Waals surface area contributed by atoms with Gasteiger partial charge in [0.25, 0.3) is 0 Å². The van der Waals surface area contributed by atoms with Crippen LogP contribution in [0.25, 0.3) is 0 Å². The van der Waals surface area contributed by atoms with Crippen LogP contribution >= 0.6 is 11.3 Å². The van der Waals surface area contributed by atoms with Gasteiger partial charge in [0.1, 0.15) is 12.4 Å². The highest BCUT2D eigenvalue weighted by Crippen LogP contribution is 2.18. The number of hydrogen-bond donors (Lipinski definition) is 2. The first-order valence-corrected chi connectivity index (χ1v) is 7.19. The molecule has 0 atom stereocenters. The number of aliphatic hydroxyl groups is 1. The van der Waals surface area contributed by atoms with Gasteiger partial charge >= 0.3 is 0 Å². The van der Waals surface area contributed by atoms with Crippen LogP contribution in [0.2, 0.25) is 0 Å². The molecule has 2 aromatic rings. The van der Waals surface area contributed by atoms with Crippen LogP contribution in [-0.4, -0.2) is 18.3 Å². The Morgan fingerprint density at radius 2 is 2.00 bits per heavy atom. The summed E-state index contributed by atoms with van der Waals surface area (Å²) in [7, 11) is 0. The lowest BCUT2D eigenvalue weighted by Crippen LogP contribution is -2.13. The van der Waals surface area contributed by atoms with E-state index in [9.17, 15) is 0 Å². The van der Waals surface area contributed by atoms with Gasteiger partial charge in [-0.1, -0.05) is 18.2 Å². The zero-order valence-corrected chi connectivity index (χ0v) is 11.9. The van der Waals surface area contributed by atoms with Crippen molar-refractivity contribution in [2.75, 3.05) is 13.2 Å². The van der Waals surface area contributed by atoms with Gasteiger partial charge in [0.15, 0.2) is 0 Å². The van der Waals surface area contributed by atoms with Crippen molar-refractivity contribution in [3.8, 4) is 5.75 Å². The Kier molecular flexibility index (Phi) is 5.39. The number of benzene rings is 1. The molecule has 0 spiro atoms. The Bertz CT molecular complexity index is 510. The van der Waals surface area contributed by atoms with E-state index in [-0.39, 0.29) is 6.61 Å². The van der Waals surface area contributed by atoms with Gasteiger partial charge in [-0.2, -0.15) is 0 Å². The number of rotatable bonds is 7. The van der Waals surface area contributed by atoms with Gasteiger partial charge < -0.3 is 15.2 Å². The van der Waals surface area contributed by atoms with Crippen LogP contribution in [0.15, 0.2) is 36.4 Å². The Morgan fingerprint density at radius 3 is 2.74 bits per heavy atom. The number of ether oxygens (including phenoxy) is 1. The van der Waals surface area contributed by atoms with Crippen molar-refractivity contribution in [1.29, 1.82) is 0 Å². The molecule has 102 valence electrons. The predicted molar refractivity (Wildman–Crippen MR) is 78.6 cm³/mol. The monoisotopic (exact) mass is 277 g/mol. The average molecular weight is 277 g/mol. The summed E-state index contributed by atoms with van der Waals surface area (Å²) in [4.78, 5) is 2.68. The van der Waals surface area contributed by atoms with Gasteiger partial charge in [0.05, 0.1) is 6.61 Å². The molecule has 0 amide bonds. The first kappa shape index (κ1) is 14.1. The molecule has 1 aromatic heterocycles. The molecule has 2 N–H and O–H groups in total. The maximum absolute atomic E-state index is 8.81. The molecule has 0 bridgehead atoms. The van der Waals surface area contributed by atoms with Crippen molar-refractivity contribution >= 4 is 11.3 Å². The van der Waals surface area contributed by atoms with E-state index in [1.54, 1.807) is 0 Å². The lowest BCUT2D eigenvalue weighted by atomic mass is 10.2. The summed E-state index contributed by atoms with van der Waals surface area (Å²) in [5.74, 6) is 0.839. The van der Waals surface area contributed by atoms with Crippen LogP contribution in [-0.2, 0) is 13.1 Å². The lowest BCUT2D eigenvalue weighted by molar-refractivity contribution is 0.200. The molecule has 0 unspecified atom stereocenters. The van der Waals surface area contributed by atoms with Gasteiger partial charge in [-0.05, 0) is 25.1 Å². The van der Waals surface area contributed by atoms with Gasteiger partial charge in [-0.25, -0.2) is 0 Å². The number of para-hydroxylation sites is 1. The molecule has 19 heavy (non-hydrogen) atoms. The fraction of sp³-hybridized carbons (Fsp3) is 0.333. The normalized spacial score (nSPS) is 10.6. The minimum Gasteiger partial charge on any atom is -0.491 e. The Labute approximate surface area is 117 Å². The molecule has 0 aliphatic heterocycles. The number of thiophene rings is 1. The standard InChI is InChI=1S/C15H19NO2S/c1-12-6-7-14(19-12)11-16-10-13-4-2-3-5-15(13)18-9-8-17/h2-7,16-17H,8-11H2,1H3. The van der Waals surface area contributed by atoms with Crippen LogP contribution < -0.4 is 10.1 Å².